The Morgan fingerprint density at radius 3 is 2.71 bits per heavy atom. The average molecular weight is 259 g/mol. The summed E-state index contributed by atoms with van der Waals surface area (Å²) in [6.07, 6.45) is 6.85. The first-order valence-electron chi connectivity index (χ1n) is 6.73. The van der Waals surface area contributed by atoms with E-state index in [9.17, 15) is 9.90 Å². The lowest BCUT2D eigenvalue weighted by atomic mass is 10.0. The molecule has 4 heteroatoms. The number of carbonyl (C=O) groups is 1. The van der Waals surface area contributed by atoms with Crippen LogP contribution in [-0.4, -0.2) is 34.7 Å². The highest BCUT2D eigenvalue weighted by Crippen LogP contribution is 2.28. The van der Waals surface area contributed by atoms with Crippen molar-refractivity contribution in [3.8, 4) is 0 Å². The number of hydrogen-bond acceptors (Lipinski definition) is 3. The maximum atomic E-state index is 11.5. The topological polar surface area (TPSA) is 49.3 Å². The Morgan fingerprint density at radius 2 is 2.06 bits per heavy atom. The molecule has 0 spiro atoms. The van der Waals surface area contributed by atoms with Gasteiger partial charge in [-0.1, -0.05) is 26.2 Å². The van der Waals surface area contributed by atoms with E-state index in [-0.39, 0.29) is 5.91 Å². The predicted octanol–water partition coefficient (Wildman–Crippen LogP) is 2.33. The van der Waals surface area contributed by atoms with Gasteiger partial charge in [0.05, 0.1) is 5.60 Å². The Morgan fingerprint density at radius 1 is 1.35 bits per heavy atom. The second kappa shape index (κ2) is 7.98. The lowest BCUT2D eigenvalue weighted by Crippen LogP contribution is -2.40. The minimum absolute atomic E-state index is 0.0781. The van der Waals surface area contributed by atoms with E-state index in [1.165, 1.54) is 12.8 Å². The Kier molecular flexibility index (Phi) is 6.97. The Balaban J connectivity index is 2.01. The van der Waals surface area contributed by atoms with Crippen molar-refractivity contribution in [1.82, 2.24) is 5.32 Å². The van der Waals surface area contributed by atoms with Crippen LogP contribution in [0.15, 0.2) is 0 Å². The van der Waals surface area contributed by atoms with E-state index < -0.39 is 5.60 Å². The summed E-state index contributed by atoms with van der Waals surface area (Å²) < 4.78 is 0. The minimum atomic E-state index is -0.620. The van der Waals surface area contributed by atoms with Crippen LogP contribution in [0.2, 0.25) is 0 Å². The first kappa shape index (κ1) is 14.8. The number of nitrogens with one attached hydrogen (secondary N) is 1. The largest absolute Gasteiger partial charge is 0.388 e. The van der Waals surface area contributed by atoms with Gasteiger partial charge in [-0.25, -0.2) is 0 Å². The maximum absolute atomic E-state index is 11.5. The van der Waals surface area contributed by atoms with Crippen LogP contribution >= 0.6 is 11.8 Å². The van der Waals surface area contributed by atoms with Gasteiger partial charge < -0.3 is 10.4 Å². The number of carbonyl (C=O) groups excluding carboxylic acids is 1. The van der Waals surface area contributed by atoms with Gasteiger partial charge in [0.2, 0.25) is 5.91 Å². The highest BCUT2D eigenvalue weighted by Gasteiger charge is 2.31. The van der Waals surface area contributed by atoms with Crippen LogP contribution in [0.25, 0.3) is 0 Å². The lowest BCUT2D eigenvalue weighted by Gasteiger charge is -2.22. The molecule has 0 heterocycles. The van der Waals surface area contributed by atoms with Crippen molar-refractivity contribution < 1.29 is 9.90 Å². The first-order valence-corrected chi connectivity index (χ1v) is 7.88. The van der Waals surface area contributed by atoms with Crippen molar-refractivity contribution in [3.63, 3.8) is 0 Å². The van der Waals surface area contributed by atoms with E-state index >= 15 is 0 Å². The van der Waals surface area contributed by atoms with Crippen molar-refractivity contribution in [1.29, 1.82) is 0 Å². The molecule has 1 amide bonds. The van der Waals surface area contributed by atoms with Crippen LogP contribution in [0.3, 0.4) is 0 Å². The summed E-state index contributed by atoms with van der Waals surface area (Å²) >= 11 is 1.84. The van der Waals surface area contributed by atoms with Gasteiger partial charge in [0.1, 0.15) is 0 Å². The zero-order chi connectivity index (χ0) is 12.6. The quantitative estimate of drug-likeness (QED) is 0.658. The molecule has 0 aromatic heterocycles. The molecule has 2 N–H and O–H groups in total. The van der Waals surface area contributed by atoms with Crippen molar-refractivity contribution in [3.05, 3.63) is 0 Å². The maximum Gasteiger partial charge on any atom is 0.220 e. The SMILES string of the molecule is CCCCSCCC(=O)NCC1(O)CCCC1. The summed E-state index contributed by atoms with van der Waals surface area (Å²) in [5, 5.41) is 12.9. The number of aliphatic hydroxyl groups is 1. The summed E-state index contributed by atoms with van der Waals surface area (Å²) in [4.78, 5) is 11.5. The Hall–Kier alpha value is -0.220. The van der Waals surface area contributed by atoms with Crippen molar-refractivity contribution in [2.75, 3.05) is 18.1 Å². The molecule has 1 aliphatic carbocycles. The molecule has 0 saturated heterocycles. The van der Waals surface area contributed by atoms with Crippen molar-refractivity contribution in [2.45, 2.75) is 57.5 Å². The van der Waals surface area contributed by atoms with Crippen LogP contribution in [0.5, 0.6) is 0 Å². The van der Waals surface area contributed by atoms with Gasteiger partial charge in [-0.2, -0.15) is 11.8 Å². The van der Waals surface area contributed by atoms with Crippen LogP contribution in [0, 0.1) is 0 Å². The first-order chi connectivity index (χ1) is 8.16. The molecule has 1 rings (SSSR count). The third-order valence-corrected chi connectivity index (χ3v) is 4.33. The van der Waals surface area contributed by atoms with Gasteiger partial charge in [-0.15, -0.1) is 0 Å². The molecule has 1 saturated carbocycles. The zero-order valence-corrected chi connectivity index (χ0v) is 11.7. The molecule has 0 bridgehead atoms. The normalized spacial score (nSPS) is 18.2. The minimum Gasteiger partial charge on any atom is -0.388 e. The molecular formula is C13H25NO2S. The van der Waals surface area contributed by atoms with Gasteiger partial charge in [-0.05, 0) is 25.0 Å². The van der Waals surface area contributed by atoms with Gasteiger partial charge >= 0.3 is 0 Å². The smallest absolute Gasteiger partial charge is 0.220 e. The molecule has 0 aromatic rings. The number of thioether (sulfide) groups is 1. The standard InChI is InChI=1S/C13H25NO2S/c1-2-3-9-17-10-6-12(15)14-11-13(16)7-4-5-8-13/h16H,2-11H2,1H3,(H,14,15). The van der Waals surface area contributed by atoms with Crippen molar-refractivity contribution >= 4 is 17.7 Å². The lowest BCUT2D eigenvalue weighted by molar-refractivity contribution is -0.121. The summed E-state index contributed by atoms with van der Waals surface area (Å²) in [5.74, 6) is 2.12. The van der Waals surface area contributed by atoms with Gasteiger partial charge in [-0.3, -0.25) is 4.79 Å². The summed E-state index contributed by atoms with van der Waals surface area (Å²) in [6.45, 7) is 2.61. The van der Waals surface area contributed by atoms with Crippen LogP contribution < -0.4 is 5.32 Å². The molecular weight excluding hydrogens is 234 g/mol. The van der Waals surface area contributed by atoms with E-state index in [1.807, 2.05) is 11.8 Å². The molecule has 1 aliphatic rings. The second-order valence-electron chi connectivity index (χ2n) is 4.92. The summed E-state index contributed by atoms with van der Waals surface area (Å²) in [6, 6.07) is 0. The van der Waals surface area contributed by atoms with Gasteiger partial charge in [0.25, 0.3) is 0 Å². The fraction of sp³-hybridized carbons (Fsp3) is 0.923. The van der Waals surface area contributed by atoms with E-state index in [0.29, 0.717) is 13.0 Å². The van der Waals surface area contributed by atoms with E-state index in [2.05, 4.69) is 12.2 Å². The number of hydrogen-bond donors (Lipinski definition) is 2. The van der Waals surface area contributed by atoms with Gasteiger partial charge in [0, 0.05) is 18.7 Å². The molecule has 0 aromatic carbocycles. The molecule has 1 fully saturated rings. The molecule has 3 nitrogen and oxygen atoms in total. The summed E-state index contributed by atoms with van der Waals surface area (Å²) in [7, 11) is 0. The second-order valence-corrected chi connectivity index (χ2v) is 6.15. The van der Waals surface area contributed by atoms with E-state index in [0.717, 1.165) is 37.2 Å². The monoisotopic (exact) mass is 259 g/mol. The fourth-order valence-electron chi connectivity index (χ4n) is 2.07. The molecule has 0 unspecified atom stereocenters. The Labute approximate surface area is 109 Å². The molecule has 100 valence electrons. The zero-order valence-electron chi connectivity index (χ0n) is 10.8. The average Bonchev–Trinajstić information content (AvgIpc) is 2.74. The van der Waals surface area contributed by atoms with Crippen LogP contribution in [-0.2, 0) is 4.79 Å². The number of rotatable bonds is 8. The fourth-order valence-corrected chi connectivity index (χ4v) is 3.10. The van der Waals surface area contributed by atoms with Crippen LogP contribution in [0.1, 0.15) is 51.9 Å². The molecule has 17 heavy (non-hydrogen) atoms. The summed E-state index contributed by atoms with van der Waals surface area (Å²) in [5.41, 5.74) is -0.620. The number of amides is 1. The van der Waals surface area contributed by atoms with E-state index in [4.69, 9.17) is 0 Å². The number of unbranched alkanes of at least 4 members (excludes halogenated alkanes) is 1. The van der Waals surface area contributed by atoms with Crippen molar-refractivity contribution in [2.24, 2.45) is 0 Å². The van der Waals surface area contributed by atoms with Gasteiger partial charge in [0.15, 0.2) is 0 Å². The molecule has 0 aliphatic heterocycles. The van der Waals surface area contributed by atoms with Crippen LogP contribution in [0.4, 0.5) is 0 Å². The predicted molar refractivity (Wildman–Crippen MR) is 73.3 cm³/mol. The van der Waals surface area contributed by atoms with E-state index in [1.54, 1.807) is 0 Å². The third-order valence-electron chi connectivity index (χ3n) is 3.26. The molecule has 0 radical (unpaired) electrons. The molecule has 0 atom stereocenters. The Bertz CT molecular complexity index is 227. The highest BCUT2D eigenvalue weighted by molar-refractivity contribution is 7.99. The highest BCUT2D eigenvalue weighted by atomic mass is 32.2. The third kappa shape index (κ3) is 6.32.